The number of para-hydroxylation sites is 1. The fraction of sp³-hybridized carbons (Fsp3) is 0.0625. The van der Waals surface area contributed by atoms with Crippen LogP contribution in [0.2, 0.25) is 5.32 Å². The predicted octanol–water partition coefficient (Wildman–Crippen LogP) is 2.29. The summed E-state index contributed by atoms with van der Waals surface area (Å²) >= 11 is 3.64. The third-order valence-electron chi connectivity index (χ3n) is 3.50. The van der Waals surface area contributed by atoms with Crippen LogP contribution in [0.15, 0.2) is 58.1 Å². The number of nitrogens with one attached hydrogen (secondary N) is 1. The van der Waals surface area contributed by atoms with Gasteiger partial charge in [-0.2, -0.15) is 0 Å². The van der Waals surface area contributed by atoms with E-state index in [1.165, 1.54) is 0 Å². The van der Waals surface area contributed by atoms with Crippen molar-refractivity contribution in [3.8, 4) is 0 Å². The van der Waals surface area contributed by atoms with Gasteiger partial charge >= 0.3 is 142 Å². The molecule has 0 aliphatic carbocycles. The van der Waals surface area contributed by atoms with Crippen LogP contribution in [0.4, 0.5) is 0 Å². The molecule has 3 aromatic rings. The summed E-state index contributed by atoms with van der Waals surface area (Å²) in [5.41, 5.74) is 3.42. The standard InChI is InChI=1S/C16H11BrN4Se/c17-11-7-5-10(6-8-11)14-9-22-16-19-13-4-2-1-3-12(13)15(18)21(16)20-14/h1-8,18H,9H2. The molecule has 0 atom stereocenters. The molecule has 1 N–H and O–H groups in total. The fourth-order valence-electron chi connectivity index (χ4n) is 2.38. The van der Waals surface area contributed by atoms with E-state index < -0.39 is 0 Å². The van der Waals surface area contributed by atoms with Gasteiger partial charge in [0.15, 0.2) is 0 Å². The molecule has 6 heteroatoms. The molecule has 0 amide bonds. The molecule has 2 heterocycles. The van der Waals surface area contributed by atoms with Gasteiger partial charge in [-0.1, -0.05) is 0 Å². The van der Waals surface area contributed by atoms with Crippen LogP contribution in [-0.2, 0) is 0 Å². The Kier molecular flexibility index (Phi) is 3.45. The van der Waals surface area contributed by atoms with E-state index in [0.29, 0.717) is 5.49 Å². The van der Waals surface area contributed by atoms with Gasteiger partial charge in [0.1, 0.15) is 0 Å². The van der Waals surface area contributed by atoms with E-state index in [4.69, 9.17) is 5.41 Å². The van der Waals surface area contributed by atoms with Crippen molar-refractivity contribution in [3.05, 3.63) is 64.1 Å². The molecule has 0 fully saturated rings. The van der Waals surface area contributed by atoms with Crippen molar-refractivity contribution in [2.45, 2.75) is 5.32 Å². The van der Waals surface area contributed by atoms with Crippen LogP contribution in [0.25, 0.3) is 10.9 Å². The van der Waals surface area contributed by atoms with Gasteiger partial charge in [0, 0.05) is 0 Å². The number of benzene rings is 2. The zero-order valence-corrected chi connectivity index (χ0v) is 14.8. The average Bonchev–Trinajstić information content (AvgIpc) is 2.56. The molecule has 0 spiro atoms. The molecule has 4 nitrogen and oxygen atoms in total. The van der Waals surface area contributed by atoms with Gasteiger partial charge in [-0.3, -0.25) is 0 Å². The summed E-state index contributed by atoms with van der Waals surface area (Å²) in [7, 11) is 0. The first kappa shape index (κ1) is 13.9. The number of nitrogens with zero attached hydrogens (tertiary/aromatic N) is 3. The second kappa shape index (κ2) is 5.47. The third kappa shape index (κ3) is 2.33. The molecule has 4 rings (SSSR count). The van der Waals surface area contributed by atoms with Gasteiger partial charge < -0.3 is 0 Å². The van der Waals surface area contributed by atoms with Crippen LogP contribution in [0, 0.1) is 5.41 Å². The first-order valence-electron chi connectivity index (χ1n) is 6.75. The Balaban J connectivity index is 1.90. The number of aromatic nitrogens is 2. The Bertz CT molecular complexity index is 960. The molecular formula is C16H11BrN4Se. The van der Waals surface area contributed by atoms with Crippen molar-refractivity contribution in [1.29, 1.82) is 5.41 Å². The number of halogens is 1. The van der Waals surface area contributed by atoms with Gasteiger partial charge in [-0.05, 0) is 0 Å². The second-order valence-electron chi connectivity index (χ2n) is 4.91. The molecule has 0 saturated carbocycles. The summed E-state index contributed by atoms with van der Waals surface area (Å²) in [6.07, 6.45) is 0. The quantitative estimate of drug-likeness (QED) is 0.606. The van der Waals surface area contributed by atoms with Crippen molar-refractivity contribution in [1.82, 2.24) is 9.66 Å². The number of rotatable bonds is 1. The predicted molar refractivity (Wildman–Crippen MR) is 91.9 cm³/mol. The number of hydrogen-bond acceptors (Lipinski definition) is 3. The summed E-state index contributed by atoms with van der Waals surface area (Å²) in [5.74, 6) is 0. The van der Waals surface area contributed by atoms with Gasteiger partial charge in [-0.25, -0.2) is 0 Å². The van der Waals surface area contributed by atoms with Crippen LogP contribution < -0.4 is 10.2 Å². The third-order valence-corrected chi connectivity index (χ3v) is 6.01. The molecule has 22 heavy (non-hydrogen) atoms. The SMILES string of the molecule is N=c1c2ccccc2nc2n1N=C(c1ccc(Br)cc1)C[Se]2. The van der Waals surface area contributed by atoms with Crippen molar-refractivity contribution < 1.29 is 0 Å². The van der Waals surface area contributed by atoms with E-state index in [0.717, 1.165) is 36.7 Å². The maximum absolute atomic E-state index is 8.42. The summed E-state index contributed by atoms with van der Waals surface area (Å²) in [6.45, 7) is 0. The van der Waals surface area contributed by atoms with E-state index in [-0.39, 0.29) is 15.0 Å². The van der Waals surface area contributed by atoms with E-state index in [1.807, 2.05) is 36.4 Å². The molecule has 0 radical (unpaired) electrons. The maximum atomic E-state index is 8.42. The number of fused-ring (bicyclic) bond motifs is 2. The molecule has 108 valence electrons. The van der Waals surface area contributed by atoms with Crippen LogP contribution >= 0.6 is 15.9 Å². The molecule has 1 aliphatic heterocycles. The van der Waals surface area contributed by atoms with Crippen LogP contribution in [0.3, 0.4) is 0 Å². The van der Waals surface area contributed by atoms with E-state index >= 15 is 0 Å². The Labute approximate surface area is 141 Å². The topological polar surface area (TPSA) is 54.0 Å². The molecular weight excluding hydrogens is 407 g/mol. The Morgan fingerprint density at radius 2 is 1.86 bits per heavy atom. The van der Waals surface area contributed by atoms with Gasteiger partial charge in [0.2, 0.25) is 0 Å². The molecule has 0 bridgehead atoms. The zero-order chi connectivity index (χ0) is 15.1. The first-order valence-corrected chi connectivity index (χ1v) is 9.61. The Morgan fingerprint density at radius 1 is 1.09 bits per heavy atom. The van der Waals surface area contributed by atoms with Gasteiger partial charge in [0.05, 0.1) is 0 Å². The zero-order valence-electron chi connectivity index (χ0n) is 11.5. The van der Waals surface area contributed by atoms with E-state index in [2.05, 4.69) is 38.1 Å². The van der Waals surface area contributed by atoms with Crippen LogP contribution in [-0.4, -0.2) is 30.3 Å². The van der Waals surface area contributed by atoms with Crippen molar-refractivity contribution in [2.24, 2.45) is 5.10 Å². The molecule has 0 saturated heterocycles. The van der Waals surface area contributed by atoms with E-state index in [1.54, 1.807) is 4.68 Å². The van der Waals surface area contributed by atoms with Gasteiger partial charge in [-0.15, -0.1) is 0 Å². The molecule has 0 unspecified atom stereocenters. The van der Waals surface area contributed by atoms with Crippen molar-refractivity contribution in [3.63, 3.8) is 0 Å². The minimum absolute atomic E-state index is 0.185. The number of hydrogen-bond donors (Lipinski definition) is 1. The monoisotopic (exact) mass is 418 g/mol. The van der Waals surface area contributed by atoms with E-state index in [9.17, 15) is 0 Å². The molecule has 1 aliphatic rings. The minimum atomic E-state index is 0.185. The summed E-state index contributed by atoms with van der Waals surface area (Å²) in [4.78, 5) is 4.67. The van der Waals surface area contributed by atoms with Crippen molar-refractivity contribution >= 4 is 52.2 Å². The summed E-state index contributed by atoms with van der Waals surface area (Å²) in [5, 5.41) is 14.8. The Morgan fingerprint density at radius 3 is 2.68 bits per heavy atom. The first-order chi connectivity index (χ1) is 10.7. The van der Waals surface area contributed by atoms with Crippen LogP contribution in [0.1, 0.15) is 5.56 Å². The fourth-order valence-corrected chi connectivity index (χ4v) is 4.55. The molecule has 1 aromatic heterocycles. The normalized spacial score (nSPS) is 13.8. The summed E-state index contributed by atoms with van der Waals surface area (Å²) in [6, 6.07) is 15.9. The molecule has 2 aromatic carbocycles. The van der Waals surface area contributed by atoms with Crippen molar-refractivity contribution in [2.75, 3.05) is 0 Å². The summed E-state index contributed by atoms with van der Waals surface area (Å²) < 4.78 is 3.67. The average molecular weight is 418 g/mol. The Hall–Kier alpha value is -1.75. The van der Waals surface area contributed by atoms with Gasteiger partial charge in [0.25, 0.3) is 0 Å². The van der Waals surface area contributed by atoms with Crippen LogP contribution in [0.5, 0.6) is 0 Å². The second-order valence-corrected chi connectivity index (χ2v) is 7.81.